The molecule has 0 atom stereocenters. The van der Waals surface area contributed by atoms with Crippen LogP contribution in [0.3, 0.4) is 0 Å². The van der Waals surface area contributed by atoms with Gasteiger partial charge in [-0.05, 0) is 42.4 Å². The summed E-state index contributed by atoms with van der Waals surface area (Å²) in [6.07, 6.45) is 3.60. The SMILES string of the molecule is O=C([O-])c1c(NC(=O)C(c2ccccc2)c2ccccc2)sc2c1CCCC2. The van der Waals surface area contributed by atoms with Gasteiger partial charge < -0.3 is 15.2 Å². The Hall–Kier alpha value is -2.92. The lowest BCUT2D eigenvalue weighted by Gasteiger charge is -2.18. The minimum absolute atomic E-state index is 0.160. The zero-order valence-corrected chi connectivity index (χ0v) is 16.1. The fraction of sp³-hybridized carbons (Fsp3) is 0.217. The molecule has 28 heavy (non-hydrogen) atoms. The van der Waals surface area contributed by atoms with E-state index in [0.29, 0.717) is 5.00 Å². The van der Waals surface area contributed by atoms with Crippen molar-refractivity contribution in [1.29, 1.82) is 0 Å². The number of hydrogen-bond donors (Lipinski definition) is 1. The van der Waals surface area contributed by atoms with Crippen molar-refractivity contribution < 1.29 is 14.7 Å². The third kappa shape index (κ3) is 3.58. The molecule has 0 bridgehead atoms. The Balaban J connectivity index is 1.71. The van der Waals surface area contributed by atoms with E-state index in [1.165, 1.54) is 11.3 Å². The van der Waals surface area contributed by atoms with Gasteiger partial charge in [-0.25, -0.2) is 0 Å². The quantitative estimate of drug-likeness (QED) is 0.721. The summed E-state index contributed by atoms with van der Waals surface area (Å²) >= 11 is 1.37. The lowest BCUT2D eigenvalue weighted by molar-refractivity contribution is -0.254. The van der Waals surface area contributed by atoms with E-state index in [-0.39, 0.29) is 11.5 Å². The zero-order valence-electron chi connectivity index (χ0n) is 15.3. The number of aryl methyl sites for hydroxylation is 1. The maximum absolute atomic E-state index is 13.3. The predicted octanol–water partition coefficient (Wildman–Crippen LogP) is 3.76. The third-order valence-corrected chi connectivity index (χ3v) is 6.35. The standard InChI is InChI=1S/C23H21NO3S/c25-21(19(15-9-3-1-4-10-15)16-11-5-2-6-12-16)24-22-20(23(26)27)17-13-7-8-14-18(17)28-22/h1-6,9-12,19H,7-8,13-14H2,(H,24,25)(H,26,27)/p-1. The van der Waals surface area contributed by atoms with Gasteiger partial charge in [-0.2, -0.15) is 0 Å². The van der Waals surface area contributed by atoms with E-state index < -0.39 is 11.9 Å². The summed E-state index contributed by atoms with van der Waals surface area (Å²) in [5.41, 5.74) is 2.72. The van der Waals surface area contributed by atoms with Crippen molar-refractivity contribution in [3.05, 3.63) is 87.8 Å². The van der Waals surface area contributed by atoms with Crippen molar-refractivity contribution in [3.8, 4) is 0 Å². The molecule has 0 saturated heterocycles. The van der Waals surface area contributed by atoms with E-state index in [1.807, 2.05) is 60.7 Å². The largest absolute Gasteiger partial charge is 0.545 e. The average molecular weight is 390 g/mol. The summed E-state index contributed by atoms with van der Waals surface area (Å²) in [5, 5.41) is 15.1. The van der Waals surface area contributed by atoms with Crippen molar-refractivity contribution in [2.75, 3.05) is 5.32 Å². The maximum Gasteiger partial charge on any atom is 0.237 e. The molecule has 3 aromatic rings. The number of hydrogen-bond acceptors (Lipinski definition) is 4. The Labute approximate surface area is 167 Å². The summed E-state index contributed by atoms with van der Waals surface area (Å²) in [7, 11) is 0. The molecular formula is C23H20NO3S-. The Kier molecular flexibility index (Phi) is 5.26. The smallest absolute Gasteiger partial charge is 0.237 e. The zero-order chi connectivity index (χ0) is 19.5. The van der Waals surface area contributed by atoms with Crippen molar-refractivity contribution in [2.45, 2.75) is 31.6 Å². The molecule has 2 aromatic carbocycles. The lowest BCUT2D eigenvalue weighted by Crippen LogP contribution is -2.27. The van der Waals surface area contributed by atoms with Crippen LogP contribution >= 0.6 is 11.3 Å². The Morgan fingerprint density at radius 1 is 0.893 bits per heavy atom. The highest BCUT2D eigenvalue weighted by molar-refractivity contribution is 7.17. The molecule has 1 heterocycles. The van der Waals surface area contributed by atoms with E-state index in [2.05, 4.69) is 5.32 Å². The van der Waals surface area contributed by atoms with Gasteiger partial charge in [0.05, 0.1) is 11.9 Å². The molecule has 4 rings (SSSR count). The van der Waals surface area contributed by atoms with Crippen LogP contribution in [0.5, 0.6) is 0 Å². The summed E-state index contributed by atoms with van der Waals surface area (Å²) in [5.74, 6) is -1.97. The lowest BCUT2D eigenvalue weighted by atomic mass is 9.90. The van der Waals surface area contributed by atoms with E-state index in [0.717, 1.165) is 47.3 Å². The number of fused-ring (bicyclic) bond motifs is 1. The fourth-order valence-corrected chi connectivity index (χ4v) is 5.12. The monoisotopic (exact) mass is 390 g/mol. The summed E-state index contributed by atoms with van der Waals surface area (Å²) in [6, 6.07) is 19.1. The van der Waals surface area contributed by atoms with Gasteiger partial charge in [0.1, 0.15) is 5.00 Å². The van der Waals surface area contributed by atoms with Gasteiger partial charge in [-0.15, -0.1) is 11.3 Å². The topological polar surface area (TPSA) is 69.2 Å². The molecule has 0 fully saturated rings. The molecule has 0 radical (unpaired) electrons. The molecule has 5 heteroatoms. The van der Waals surface area contributed by atoms with Gasteiger partial charge in [0.25, 0.3) is 0 Å². The third-order valence-electron chi connectivity index (χ3n) is 5.14. The van der Waals surface area contributed by atoms with Crippen LogP contribution < -0.4 is 10.4 Å². The number of thiophene rings is 1. The first-order valence-electron chi connectivity index (χ1n) is 9.42. The van der Waals surface area contributed by atoms with Crippen molar-refractivity contribution in [2.24, 2.45) is 0 Å². The molecule has 1 aliphatic carbocycles. The second-order valence-corrected chi connectivity index (χ2v) is 8.05. The number of carbonyl (C=O) groups is 2. The predicted molar refractivity (Wildman–Crippen MR) is 109 cm³/mol. The number of carboxylic acids is 1. The van der Waals surface area contributed by atoms with Crippen LogP contribution in [0.15, 0.2) is 60.7 Å². The van der Waals surface area contributed by atoms with Crippen LogP contribution in [-0.4, -0.2) is 11.9 Å². The summed E-state index contributed by atoms with van der Waals surface area (Å²) in [4.78, 5) is 26.1. The second kappa shape index (κ2) is 7.98. The fourth-order valence-electron chi connectivity index (χ4n) is 3.84. The van der Waals surface area contributed by atoms with E-state index in [4.69, 9.17) is 0 Å². The number of rotatable bonds is 5. The highest BCUT2D eigenvalue weighted by Crippen LogP contribution is 2.38. The first-order valence-corrected chi connectivity index (χ1v) is 10.2. The van der Waals surface area contributed by atoms with Crippen LogP contribution in [-0.2, 0) is 17.6 Å². The van der Waals surface area contributed by atoms with Gasteiger partial charge >= 0.3 is 0 Å². The number of nitrogens with one attached hydrogen (secondary N) is 1. The van der Waals surface area contributed by atoms with E-state index in [9.17, 15) is 14.7 Å². The first-order chi connectivity index (χ1) is 13.6. The molecule has 4 nitrogen and oxygen atoms in total. The number of amides is 1. The Morgan fingerprint density at radius 3 is 2.04 bits per heavy atom. The molecule has 0 spiro atoms. The highest BCUT2D eigenvalue weighted by atomic mass is 32.1. The second-order valence-electron chi connectivity index (χ2n) is 6.95. The summed E-state index contributed by atoms with van der Waals surface area (Å²) < 4.78 is 0. The molecule has 1 N–H and O–H groups in total. The summed E-state index contributed by atoms with van der Waals surface area (Å²) in [6.45, 7) is 0. The molecule has 0 saturated carbocycles. The van der Waals surface area contributed by atoms with E-state index in [1.54, 1.807) is 0 Å². The normalized spacial score (nSPS) is 13.2. The number of carboxylic acid groups (broad SMARTS) is 1. The Bertz CT molecular complexity index is 956. The van der Waals surface area contributed by atoms with Crippen LogP contribution in [0, 0.1) is 0 Å². The molecular weight excluding hydrogens is 370 g/mol. The van der Waals surface area contributed by atoms with Gasteiger partial charge in [0.2, 0.25) is 5.91 Å². The van der Waals surface area contributed by atoms with Gasteiger partial charge in [0, 0.05) is 10.4 Å². The minimum atomic E-state index is -1.22. The van der Waals surface area contributed by atoms with Crippen molar-refractivity contribution in [1.82, 2.24) is 0 Å². The number of carbonyl (C=O) groups excluding carboxylic acids is 2. The van der Waals surface area contributed by atoms with Gasteiger partial charge in [0.15, 0.2) is 0 Å². The number of anilines is 1. The minimum Gasteiger partial charge on any atom is -0.545 e. The molecule has 0 aliphatic heterocycles. The van der Waals surface area contributed by atoms with Gasteiger partial charge in [-0.3, -0.25) is 4.79 Å². The van der Waals surface area contributed by atoms with Gasteiger partial charge in [-0.1, -0.05) is 60.7 Å². The number of aromatic carboxylic acids is 1. The van der Waals surface area contributed by atoms with E-state index >= 15 is 0 Å². The highest BCUT2D eigenvalue weighted by Gasteiger charge is 2.27. The first kappa shape index (κ1) is 18.4. The van der Waals surface area contributed by atoms with Crippen molar-refractivity contribution >= 4 is 28.2 Å². The van der Waals surface area contributed by atoms with Crippen LogP contribution in [0.2, 0.25) is 0 Å². The molecule has 1 aromatic heterocycles. The molecule has 0 unspecified atom stereocenters. The molecule has 142 valence electrons. The maximum atomic E-state index is 13.3. The van der Waals surface area contributed by atoms with Crippen LogP contribution in [0.25, 0.3) is 0 Å². The van der Waals surface area contributed by atoms with Crippen molar-refractivity contribution in [3.63, 3.8) is 0 Å². The Morgan fingerprint density at radius 2 is 1.46 bits per heavy atom. The molecule has 1 amide bonds. The van der Waals surface area contributed by atoms with Crippen LogP contribution in [0.1, 0.15) is 50.7 Å². The average Bonchev–Trinajstić information content (AvgIpc) is 3.07. The molecule has 1 aliphatic rings. The number of benzene rings is 2. The van der Waals surface area contributed by atoms with Crippen LogP contribution in [0.4, 0.5) is 5.00 Å².